The minimum atomic E-state index is 0.177. The molecule has 0 aliphatic carbocycles. The average molecular weight is 326 g/mol. The monoisotopic (exact) mass is 326 g/mol. The van der Waals surface area contributed by atoms with E-state index in [1.165, 1.54) is 10.1 Å². The second-order valence-electron chi connectivity index (χ2n) is 5.81. The molecule has 0 unspecified atom stereocenters. The van der Waals surface area contributed by atoms with Gasteiger partial charge in [0.05, 0.1) is 0 Å². The highest BCUT2D eigenvalue weighted by Crippen LogP contribution is 2.30. The first kappa shape index (κ1) is 14.4. The Hall–Kier alpha value is -2.21. The fraction of sp³-hybridized carbons (Fsp3) is 0.353. The summed E-state index contributed by atoms with van der Waals surface area (Å²) in [5.74, 6) is 1.09. The number of pyridine rings is 1. The molecule has 23 heavy (non-hydrogen) atoms. The van der Waals surface area contributed by atoms with E-state index in [1.807, 2.05) is 13.1 Å². The zero-order chi connectivity index (χ0) is 15.6. The first-order valence-corrected chi connectivity index (χ1v) is 8.70. The van der Waals surface area contributed by atoms with Gasteiger partial charge in [0.25, 0.3) is 0 Å². The Bertz CT molecular complexity index is 794. The van der Waals surface area contributed by atoms with Crippen molar-refractivity contribution in [2.75, 3.05) is 18.0 Å². The summed E-state index contributed by atoms with van der Waals surface area (Å²) < 4.78 is 7.19. The second-order valence-corrected chi connectivity index (χ2v) is 6.76. The van der Waals surface area contributed by atoms with Gasteiger partial charge in [-0.3, -0.25) is 0 Å². The third-order valence-corrected chi connectivity index (χ3v) is 5.01. The summed E-state index contributed by atoms with van der Waals surface area (Å²) in [7, 11) is 0. The zero-order valence-corrected chi connectivity index (χ0v) is 13.8. The van der Waals surface area contributed by atoms with Crippen LogP contribution in [0.15, 0.2) is 36.1 Å². The molecule has 4 rings (SSSR count). The van der Waals surface area contributed by atoms with Crippen LogP contribution in [0.5, 0.6) is 6.01 Å². The highest BCUT2D eigenvalue weighted by molar-refractivity contribution is 7.17. The van der Waals surface area contributed by atoms with E-state index in [2.05, 4.69) is 37.4 Å². The van der Waals surface area contributed by atoms with Crippen molar-refractivity contribution in [2.45, 2.75) is 25.9 Å². The van der Waals surface area contributed by atoms with Gasteiger partial charge in [-0.15, -0.1) is 11.3 Å². The molecule has 0 N–H and O–H groups in total. The van der Waals surface area contributed by atoms with Gasteiger partial charge in [0.2, 0.25) is 0 Å². The molecule has 5 nitrogen and oxygen atoms in total. The molecular formula is C17H18N4OS. The van der Waals surface area contributed by atoms with Crippen molar-refractivity contribution in [1.82, 2.24) is 15.0 Å². The predicted molar refractivity (Wildman–Crippen MR) is 92.3 cm³/mol. The third kappa shape index (κ3) is 2.99. The van der Waals surface area contributed by atoms with Gasteiger partial charge in [-0.1, -0.05) is 0 Å². The molecule has 0 aromatic carbocycles. The maximum atomic E-state index is 5.90. The summed E-state index contributed by atoms with van der Waals surface area (Å²) in [4.78, 5) is 15.4. The number of rotatable bonds is 3. The van der Waals surface area contributed by atoms with Crippen molar-refractivity contribution in [3.63, 3.8) is 0 Å². The van der Waals surface area contributed by atoms with Gasteiger partial charge in [0.1, 0.15) is 11.9 Å². The van der Waals surface area contributed by atoms with E-state index in [9.17, 15) is 0 Å². The van der Waals surface area contributed by atoms with Crippen LogP contribution in [0.2, 0.25) is 0 Å². The van der Waals surface area contributed by atoms with Gasteiger partial charge in [-0.05, 0) is 30.0 Å². The maximum Gasteiger partial charge on any atom is 0.316 e. The third-order valence-electron chi connectivity index (χ3n) is 4.13. The Morgan fingerprint density at radius 2 is 1.91 bits per heavy atom. The van der Waals surface area contributed by atoms with Crippen molar-refractivity contribution < 1.29 is 4.74 Å². The molecule has 1 aliphatic rings. The van der Waals surface area contributed by atoms with Gasteiger partial charge in [-0.2, -0.15) is 0 Å². The van der Waals surface area contributed by atoms with Gasteiger partial charge in [0, 0.05) is 54.6 Å². The lowest BCUT2D eigenvalue weighted by Gasteiger charge is -2.32. The van der Waals surface area contributed by atoms with Crippen LogP contribution in [0, 0.1) is 6.92 Å². The normalized spacial score (nSPS) is 16.0. The Morgan fingerprint density at radius 1 is 1.13 bits per heavy atom. The largest absolute Gasteiger partial charge is 0.460 e. The van der Waals surface area contributed by atoms with Crippen molar-refractivity contribution in [3.05, 3.63) is 41.7 Å². The van der Waals surface area contributed by atoms with Gasteiger partial charge in [0.15, 0.2) is 0 Å². The van der Waals surface area contributed by atoms with Crippen molar-refractivity contribution in [3.8, 4) is 6.01 Å². The minimum Gasteiger partial charge on any atom is -0.460 e. The highest BCUT2D eigenvalue weighted by atomic mass is 32.1. The molecule has 0 radical (unpaired) electrons. The quantitative estimate of drug-likeness (QED) is 0.738. The molecule has 0 saturated carbocycles. The summed E-state index contributed by atoms with van der Waals surface area (Å²) in [6, 6.07) is 4.71. The summed E-state index contributed by atoms with van der Waals surface area (Å²) >= 11 is 1.76. The second kappa shape index (κ2) is 6.12. The standard InChI is InChI=1S/C17H18N4OS/c1-12-10-19-17(20-11-12)22-13-3-7-21(8-4-13)16-14-5-9-23-15(14)2-6-18-16/h2,5-6,9-11,13H,3-4,7-8H2,1H3. The van der Waals surface area contributed by atoms with E-state index >= 15 is 0 Å². The minimum absolute atomic E-state index is 0.177. The van der Waals surface area contributed by atoms with Crippen LogP contribution in [0.3, 0.4) is 0 Å². The fourth-order valence-corrected chi connectivity index (χ4v) is 3.68. The smallest absolute Gasteiger partial charge is 0.316 e. The Labute approximate surface area is 139 Å². The molecule has 3 aromatic heterocycles. The van der Waals surface area contributed by atoms with E-state index in [0.29, 0.717) is 6.01 Å². The molecule has 3 aromatic rings. The highest BCUT2D eigenvalue weighted by Gasteiger charge is 2.23. The zero-order valence-electron chi connectivity index (χ0n) is 13.0. The van der Waals surface area contributed by atoms with Crippen LogP contribution in [-0.4, -0.2) is 34.1 Å². The van der Waals surface area contributed by atoms with Crippen LogP contribution in [0.4, 0.5) is 5.82 Å². The van der Waals surface area contributed by atoms with Crippen LogP contribution >= 0.6 is 11.3 Å². The summed E-state index contributed by atoms with van der Waals surface area (Å²) in [6.07, 6.45) is 7.57. The first-order chi connectivity index (χ1) is 11.3. The van der Waals surface area contributed by atoms with E-state index in [-0.39, 0.29) is 6.10 Å². The molecule has 0 bridgehead atoms. The van der Waals surface area contributed by atoms with E-state index < -0.39 is 0 Å². The summed E-state index contributed by atoms with van der Waals surface area (Å²) in [5, 5.41) is 3.37. The number of hydrogen-bond acceptors (Lipinski definition) is 6. The molecule has 0 atom stereocenters. The maximum absolute atomic E-state index is 5.90. The number of thiophene rings is 1. The predicted octanol–water partition coefficient (Wildman–Crippen LogP) is 3.44. The summed E-state index contributed by atoms with van der Waals surface area (Å²) in [6.45, 7) is 3.86. The molecule has 0 spiro atoms. The van der Waals surface area contributed by atoms with E-state index in [0.717, 1.165) is 37.3 Å². The average Bonchev–Trinajstić information content (AvgIpc) is 3.06. The molecule has 118 valence electrons. The molecule has 1 saturated heterocycles. The van der Waals surface area contributed by atoms with Gasteiger partial charge >= 0.3 is 6.01 Å². The van der Waals surface area contributed by atoms with Crippen molar-refractivity contribution in [1.29, 1.82) is 0 Å². The van der Waals surface area contributed by atoms with E-state index in [4.69, 9.17) is 4.74 Å². The molecule has 1 fully saturated rings. The van der Waals surface area contributed by atoms with Gasteiger partial charge in [-0.25, -0.2) is 15.0 Å². The van der Waals surface area contributed by atoms with Crippen LogP contribution in [0.25, 0.3) is 10.1 Å². The molecule has 4 heterocycles. The number of aryl methyl sites for hydroxylation is 1. The molecular weight excluding hydrogens is 308 g/mol. The van der Waals surface area contributed by atoms with Crippen molar-refractivity contribution >= 4 is 27.2 Å². The molecule has 0 amide bonds. The lowest BCUT2D eigenvalue weighted by atomic mass is 10.1. The molecule has 1 aliphatic heterocycles. The van der Waals surface area contributed by atoms with Crippen LogP contribution in [0.1, 0.15) is 18.4 Å². The lowest BCUT2D eigenvalue weighted by Crippen LogP contribution is -2.39. The Balaban J connectivity index is 1.43. The number of fused-ring (bicyclic) bond motifs is 1. The number of anilines is 1. The first-order valence-electron chi connectivity index (χ1n) is 7.82. The van der Waals surface area contributed by atoms with E-state index in [1.54, 1.807) is 23.7 Å². The fourth-order valence-electron chi connectivity index (χ4n) is 2.91. The SMILES string of the molecule is Cc1cnc(OC2CCN(c3nccc4sccc34)CC2)nc1. The Morgan fingerprint density at radius 3 is 2.70 bits per heavy atom. The van der Waals surface area contributed by atoms with Crippen LogP contribution < -0.4 is 9.64 Å². The topological polar surface area (TPSA) is 51.1 Å². The molecule has 6 heteroatoms. The number of aromatic nitrogens is 3. The number of ether oxygens (including phenoxy) is 1. The number of piperidine rings is 1. The lowest BCUT2D eigenvalue weighted by molar-refractivity contribution is 0.156. The van der Waals surface area contributed by atoms with Crippen molar-refractivity contribution in [2.24, 2.45) is 0 Å². The van der Waals surface area contributed by atoms with Gasteiger partial charge < -0.3 is 9.64 Å². The Kier molecular flexibility index (Phi) is 3.83. The summed E-state index contributed by atoms with van der Waals surface area (Å²) in [5.41, 5.74) is 1.04. The number of nitrogens with zero attached hydrogens (tertiary/aromatic N) is 4. The number of hydrogen-bond donors (Lipinski definition) is 0. The van der Waals surface area contributed by atoms with Crippen LogP contribution in [-0.2, 0) is 0 Å².